The van der Waals surface area contributed by atoms with Crippen molar-refractivity contribution in [3.8, 4) is 11.5 Å². The summed E-state index contributed by atoms with van der Waals surface area (Å²) in [5, 5.41) is 0.109. The Morgan fingerprint density at radius 1 is 1.26 bits per heavy atom. The largest absolute Gasteiger partial charge is 0.493 e. The zero-order chi connectivity index (χ0) is 25.3. The van der Waals surface area contributed by atoms with Crippen LogP contribution in [-0.4, -0.2) is 65.2 Å². The summed E-state index contributed by atoms with van der Waals surface area (Å²) in [6, 6.07) is 2.38. The molecule has 5 rings (SSSR count). The van der Waals surface area contributed by atoms with Gasteiger partial charge in [0.05, 0.1) is 14.2 Å². The van der Waals surface area contributed by atoms with E-state index in [1.165, 1.54) is 24.3 Å². The molecule has 2 aliphatic carbocycles. The molecule has 2 aliphatic heterocycles. The molecule has 1 saturated heterocycles. The number of nitrogens with zero attached hydrogens (tertiary/aromatic N) is 1. The van der Waals surface area contributed by atoms with Crippen LogP contribution in [-0.2, 0) is 25.8 Å². The standard InChI is InChI=1S/C28H39NO5Si/c1-27(2,3)35(7,8)34-21-11-10-19-20-16-18-17(9-12-23(30)32-6)15-22(31-5)25-24(18)28(19,26(21)33-25)13-14-29(20)4/h9-12,15,19-21,26H,13-14,16H2,1-8H3/b12-9+/t19-,20-,21+,26+,28+/m1/s1. The zero-order valence-electron chi connectivity index (χ0n) is 22.3. The number of carbonyl (C=O) groups excluding carboxylic acids is 1. The Balaban J connectivity index is 1.68. The topological polar surface area (TPSA) is 57.2 Å². The Morgan fingerprint density at radius 3 is 2.66 bits per heavy atom. The Morgan fingerprint density at radius 2 is 2.00 bits per heavy atom. The molecule has 0 unspecified atom stereocenters. The van der Waals surface area contributed by atoms with Crippen LogP contribution in [0.25, 0.3) is 6.08 Å². The number of hydrogen-bond donors (Lipinski definition) is 0. The Bertz CT molecular complexity index is 1100. The lowest BCUT2D eigenvalue weighted by atomic mass is 9.53. The zero-order valence-corrected chi connectivity index (χ0v) is 23.3. The normalized spacial score (nSPS) is 31.3. The minimum absolute atomic E-state index is 0.0920. The van der Waals surface area contributed by atoms with Crippen LogP contribution in [0.2, 0.25) is 18.1 Å². The van der Waals surface area contributed by atoms with Gasteiger partial charge in [-0.15, -0.1) is 0 Å². The monoisotopic (exact) mass is 497 g/mol. The second-order valence-electron chi connectivity index (χ2n) is 12.0. The van der Waals surface area contributed by atoms with Crippen molar-refractivity contribution < 1.29 is 23.4 Å². The van der Waals surface area contributed by atoms with Crippen molar-refractivity contribution >= 4 is 20.4 Å². The van der Waals surface area contributed by atoms with E-state index in [1.54, 1.807) is 7.11 Å². The summed E-state index contributed by atoms with van der Waals surface area (Å²) in [6.45, 7) is 12.5. The third-order valence-electron chi connectivity index (χ3n) is 9.34. The summed E-state index contributed by atoms with van der Waals surface area (Å²) in [7, 11) is 3.29. The van der Waals surface area contributed by atoms with Crippen LogP contribution in [0.3, 0.4) is 0 Å². The van der Waals surface area contributed by atoms with E-state index in [-0.39, 0.29) is 28.6 Å². The van der Waals surface area contributed by atoms with E-state index in [0.717, 1.165) is 36.4 Å². The first-order chi connectivity index (χ1) is 16.4. The highest BCUT2D eigenvalue weighted by Crippen LogP contribution is 2.63. The van der Waals surface area contributed by atoms with E-state index in [2.05, 4.69) is 58.0 Å². The highest BCUT2D eigenvalue weighted by molar-refractivity contribution is 6.74. The molecule has 1 aromatic rings. The molecule has 35 heavy (non-hydrogen) atoms. The van der Waals surface area contributed by atoms with Crippen molar-refractivity contribution in [1.29, 1.82) is 0 Å². The first-order valence-corrected chi connectivity index (χ1v) is 15.6. The molecule has 0 aromatic heterocycles. The molecular weight excluding hydrogens is 458 g/mol. The average molecular weight is 498 g/mol. The van der Waals surface area contributed by atoms with Gasteiger partial charge >= 0.3 is 5.97 Å². The highest BCUT2D eigenvalue weighted by Gasteiger charge is 2.65. The van der Waals surface area contributed by atoms with Gasteiger partial charge in [0.2, 0.25) is 0 Å². The van der Waals surface area contributed by atoms with E-state index >= 15 is 0 Å². The molecule has 0 N–H and O–H groups in total. The molecule has 4 aliphatic rings. The molecule has 5 atom stereocenters. The Hall–Kier alpha value is -2.09. The molecule has 1 aromatic carbocycles. The number of rotatable bonds is 5. The van der Waals surface area contributed by atoms with Gasteiger partial charge in [-0.2, -0.15) is 0 Å². The summed E-state index contributed by atoms with van der Waals surface area (Å²) < 4.78 is 24.6. The van der Waals surface area contributed by atoms with Gasteiger partial charge in [-0.1, -0.05) is 32.9 Å². The average Bonchev–Trinajstić information content (AvgIpc) is 3.15. The number of likely N-dealkylation sites (tertiary alicyclic amines) is 1. The predicted octanol–water partition coefficient (Wildman–Crippen LogP) is 4.72. The highest BCUT2D eigenvalue weighted by atomic mass is 28.4. The number of esters is 1. The molecular formula is C28H39NO5Si. The second-order valence-corrected chi connectivity index (χ2v) is 16.8. The second kappa shape index (κ2) is 8.22. The maximum atomic E-state index is 11.9. The maximum absolute atomic E-state index is 11.9. The van der Waals surface area contributed by atoms with Crippen molar-refractivity contribution in [1.82, 2.24) is 4.90 Å². The van der Waals surface area contributed by atoms with Gasteiger partial charge in [0.1, 0.15) is 12.2 Å². The SMILES string of the molecule is COC(=O)/C=C/c1cc(OC)c2c3c1C[C@@H]1[C@H]4C=C[C@H](O[Si](C)(C)C(C)(C)C)[C@H](O2)[C@]34CCN1C. The number of carbonyl (C=O) groups is 1. The van der Waals surface area contributed by atoms with Gasteiger partial charge in [0.25, 0.3) is 0 Å². The molecule has 0 saturated carbocycles. The minimum Gasteiger partial charge on any atom is -0.493 e. The van der Waals surface area contributed by atoms with Crippen LogP contribution < -0.4 is 9.47 Å². The van der Waals surface area contributed by atoms with Crippen molar-refractivity contribution in [3.05, 3.63) is 41.0 Å². The van der Waals surface area contributed by atoms with E-state index in [9.17, 15) is 4.79 Å². The van der Waals surface area contributed by atoms with Gasteiger partial charge < -0.3 is 23.5 Å². The van der Waals surface area contributed by atoms with E-state index < -0.39 is 8.32 Å². The fourth-order valence-electron chi connectivity index (χ4n) is 6.46. The van der Waals surface area contributed by atoms with Crippen molar-refractivity contribution in [3.63, 3.8) is 0 Å². The van der Waals surface area contributed by atoms with Crippen LogP contribution in [0, 0.1) is 5.92 Å². The first-order valence-electron chi connectivity index (χ1n) is 12.7. The van der Waals surface area contributed by atoms with Gasteiger partial charge in [-0.3, -0.25) is 0 Å². The summed E-state index contributed by atoms with van der Waals surface area (Å²) in [4.78, 5) is 14.4. The molecule has 1 fully saturated rings. The van der Waals surface area contributed by atoms with Crippen LogP contribution >= 0.6 is 0 Å². The predicted molar refractivity (Wildman–Crippen MR) is 140 cm³/mol. The third-order valence-corrected chi connectivity index (χ3v) is 13.8. The Kier molecular flexibility index (Phi) is 5.77. The quantitative estimate of drug-likeness (QED) is 0.254. The van der Waals surface area contributed by atoms with Gasteiger partial charge in [0, 0.05) is 29.0 Å². The summed E-state index contributed by atoms with van der Waals surface area (Å²) in [5.41, 5.74) is 3.38. The lowest BCUT2D eigenvalue weighted by molar-refractivity contribution is -0.134. The fourth-order valence-corrected chi connectivity index (χ4v) is 7.70. The van der Waals surface area contributed by atoms with E-state index in [4.69, 9.17) is 18.6 Å². The number of ether oxygens (including phenoxy) is 3. The van der Waals surface area contributed by atoms with Crippen molar-refractivity contribution in [2.24, 2.45) is 5.92 Å². The lowest BCUT2D eigenvalue weighted by Crippen LogP contribution is -2.66. The third kappa shape index (κ3) is 3.53. The first kappa shape index (κ1) is 24.6. The van der Waals surface area contributed by atoms with Crippen LogP contribution in [0.15, 0.2) is 24.3 Å². The van der Waals surface area contributed by atoms with Gasteiger partial charge in [0.15, 0.2) is 19.8 Å². The molecule has 190 valence electrons. The fraction of sp³-hybridized carbons (Fsp3) is 0.607. The number of likely N-dealkylation sites (N-methyl/N-ethyl adjacent to an activating group) is 1. The summed E-state index contributed by atoms with van der Waals surface area (Å²) >= 11 is 0. The number of piperidine rings is 1. The number of hydrogen-bond acceptors (Lipinski definition) is 6. The summed E-state index contributed by atoms with van der Waals surface area (Å²) in [6.07, 6.45) is 9.78. The van der Waals surface area contributed by atoms with E-state index in [1.807, 2.05) is 12.1 Å². The lowest BCUT2D eigenvalue weighted by Gasteiger charge is -2.57. The van der Waals surface area contributed by atoms with E-state index in [0.29, 0.717) is 12.0 Å². The summed E-state index contributed by atoms with van der Waals surface area (Å²) in [5.74, 6) is 1.57. The molecule has 2 heterocycles. The molecule has 0 radical (unpaired) electrons. The smallest absolute Gasteiger partial charge is 0.330 e. The van der Waals surface area contributed by atoms with Gasteiger partial charge in [-0.05, 0) is 67.8 Å². The van der Waals surface area contributed by atoms with Crippen LogP contribution in [0.4, 0.5) is 0 Å². The van der Waals surface area contributed by atoms with Crippen LogP contribution in [0.1, 0.15) is 43.9 Å². The molecule has 0 amide bonds. The van der Waals surface area contributed by atoms with Crippen LogP contribution in [0.5, 0.6) is 11.5 Å². The molecule has 2 bridgehead atoms. The minimum atomic E-state index is -2.03. The van der Waals surface area contributed by atoms with Crippen molar-refractivity contribution in [2.75, 3.05) is 27.8 Å². The number of benzene rings is 1. The van der Waals surface area contributed by atoms with Gasteiger partial charge in [-0.25, -0.2) is 4.79 Å². The number of methoxy groups -OCH3 is 2. The molecule has 7 heteroatoms. The maximum Gasteiger partial charge on any atom is 0.330 e. The molecule has 1 spiro atoms. The Labute approximate surface area is 210 Å². The molecule has 6 nitrogen and oxygen atoms in total. The van der Waals surface area contributed by atoms with Crippen molar-refractivity contribution in [2.45, 2.75) is 75.4 Å².